The van der Waals surface area contributed by atoms with E-state index in [0.717, 1.165) is 18.4 Å². The third kappa shape index (κ3) is 2.45. The van der Waals surface area contributed by atoms with Crippen LogP contribution in [0.3, 0.4) is 0 Å². The average Bonchev–Trinajstić information content (AvgIpc) is 2.74. The molecule has 0 aliphatic carbocycles. The molecule has 1 heterocycles. The molecule has 1 aromatic rings. The lowest BCUT2D eigenvalue weighted by molar-refractivity contribution is 0.112. The van der Waals surface area contributed by atoms with Gasteiger partial charge in [-0.05, 0) is 50.0 Å². The van der Waals surface area contributed by atoms with Gasteiger partial charge < -0.3 is 0 Å². The highest BCUT2D eigenvalue weighted by molar-refractivity contribution is 5.75. The Morgan fingerprint density at radius 1 is 1.33 bits per heavy atom. The fourth-order valence-corrected chi connectivity index (χ4v) is 2.15. The van der Waals surface area contributed by atoms with E-state index in [-0.39, 0.29) is 0 Å². The highest BCUT2D eigenvalue weighted by atomic mass is 16.1. The number of rotatable bonds is 3. The number of hydrogen-bond acceptors (Lipinski definition) is 2. The van der Waals surface area contributed by atoms with Crippen LogP contribution in [0, 0.1) is 6.92 Å². The van der Waals surface area contributed by atoms with Crippen LogP contribution >= 0.6 is 0 Å². The number of aryl methyl sites for hydroxylation is 1. The van der Waals surface area contributed by atoms with Gasteiger partial charge in [0.15, 0.2) is 0 Å². The molecule has 0 atom stereocenters. The molecular formula is C13H17NO. The van der Waals surface area contributed by atoms with E-state index in [2.05, 4.69) is 17.9 Å². The molecule has 2 heteroatoms. The second-order valence-electron chi connectivity index (χ2n) is 4.29. The second kappa shape index (κ2) is 4.58. The number of carbonyl (C=O) groups is 1. The third-order valence-corrected chi connectivity index (χ3v) is 3.10. The van der Waals surface area contributed by atoms with E-state index in [9.17, 15) is 4.79 Å². The van der Waals surface area contributed by atoms with Gasteiger partial charge in [-0.2, -0.15) is 0 Å². The Hall–Kier alpha value is -1.15. The van der Waals surface area contributed by atoms with Crippen LogP contribution in [0.25, 0.3) is 0 Å². The molecule has 80 valence electrons. The van der Waals surface area contributed by atoms with Crippen LogP contribution in [0.1, 0.15) is 34.3 Å². The number of likely N-dealkylation sites (tertiary alicyclic amines) is 1. The first-order valence-electron chi connectivity index (χ1n) is 5.56. The lowest BCUT2D eigenvalue weighted by Gasteiger charge is -2.16. The molecule has 15 heavy (non-hydrogen) atoms. The molecule has 1 saturated heterocycles. The standard InChI is InChI=1S/C13H17NO/c1-11-8-12(10-15)4-5-13(11)9-14-6-2-3-7-14/h4-5,8,10H,2-3,6-7,9H2,1H3. The molecule has 0 unspecified atom stereocenters. The van der Waals surface area contributed by atoms with E-state index >= 15 is 0 Å². The topological polar surface area (TPSA) is 20.3 Å². The van der Waals surface area contributed by atoms with Gasteiger partial charge in [0.05, 0.1) is 0 Å². The van der Waals surface area contributed by atoms with Crippen molar-refractivity contribution in [2.24, 2.45) is 0 Å². The van der Waals surface area contributed by atoms with Crippen LogP contribution in [0.4, 0.5) is 0 Å². The fraction of sp³-hybridized carbons (Fsp3) is 0.462. The highest BCUT2D eigenvalue weighted by Crippen LogP contribution is 2.16. The minimum absolute atomic E-state index is 0.776. The first-order chi connectivity index (χ1) is 7.29. The minimum Gasteiger partial charge on any atom is -0.299 e. The van der Waals surface area contributed by atoms with Gasteiger partial charge in [0.25, 0.3) is 0 Å². The van der Waals surface area contributed by atoms with Crippen molar-refractivity contribution in [3.8, 4) is 0 Å². The SMILES string of the molecule is Cc1cc(C=O)ccc1CN1CCCC1. The smallest absolute Gasteiger partial charge is 0.150 e. The van der Waals surface area contributed by atoms with Crippen molar-refractivity contribution in [3.63, 3.8) is 0 Å². The molecule has 0 saturated carbocycles. The Kier molecular flexibility index (Phi) is 3.17. The van der Waals surface area contributed by atoms with Crippen molar-refractivity contribution in [2.45, 2.75) is 26.3 Å². The summed E-state index contributed by atoms with van der Waals surface area (Å²) >= 11 is 0. The van der Waals surface area contributed by atoms with Crippen LogP contribution in [-0.4, -0.2) is 24.3 Å². The van der Waals surface area contributed by atoms with Crippen LogP contribution in [0.2, 0.25) is 0 Å². The number of carbonyl (C=O) groups excluding carboxylic acids is 1. The normalized spacial score (nSPS) is 16.9. The molecule has 0 spiro atoms. The minimum atomic E-state index is 0.776. The molecule has 0 amide bonds. The van der Waals surface area contributed by atoms with Crippen molar-refractivity contribution < 1.29 is 4.79 Å². The number of aldehydes is 1. The zero-order valence-corrected chi connectivity index (χ0v) is 9.20. The van der Waals surface area contributed by atoms with Gasteiger partial charge in [0.1, 0.15) is 6.29 Å². The third-order valence-electron chi connectivity index (χ3n) is 3.10. The summed E-state index contributed by atoms with van der Waals surface area (Å²) in [5.41, 5.74) is 3.35. The van der Waals surface area contributed by atoms with E-state index in [1.807, 2.05) is 12.1 Å². The summed E-state index contributed by atoms with van der Waals surface area (Å²) < 4.78 is 0. The molecule has 2 rings (SSSR count). The molecule has 0 bridgehead atoms. The van der Waals surface area contributed by atoms with Crippen molar-refractivity contribution in [3.05, 3.63) is 34.9 Å². The average molecular weight is 203 g/mol. The summed E-state index contributed by atoms with van der Waals surface area (Å²) in [5.74, 6) is 0. The lowest BCUT2D eigenvalue weighted by atomic mass is 10.1. The Morgan fingerprint density at radius 3 is 2.67 bits per heavy atom. The first kappa shape index (κ1) is 10.4. The zero-order valence-electron chi connectivity index (χ0n) is 9.20. The molecule has 1 aliphatic heterocycles. The van der Waals surface area contributed by atoms with E-state index in [0.29, 0.717) is 0 Å². The molecule has 1 aliphatic rings. The molecule has 0 N–H and O–H groups in total. The summed E-state index contributed by atoms with van der Waals surface area (Å²) in [6.07, 6.45) is 3.56. The van der Waals surface area contributed by atoms with Crippen LogP contribution in [0.15, 0.2) is 18.2 Å². The van der Waals surface area contributed by atoms with Gasteiger partial charge in [-0.25, -0.2) is 0 Å². The maximum atomic E-state index is 10.6. The van der Waals surface area contributed by atoms with Gasteiger partial charge in [-0.3, -0.25) is 9.69 Å². The zero-order chi connectivity index (χ0) is 10.7. The second-order valence-corrected chi connectivity index (χ2v) is 4.29. The van der Waals surface area contributed by atoms with Crippen molar-refractivity contribution in [1.29, 1.82) is 0 Å². The molecule has 0 aromatic heterocycles. The predicted octanol–water partition coefficient (Wildman–Crippen LogP) is 2.40. The van der Waals surface area contributed by atoms with Crippen LogP contribution in [0.5, 0.6) is 0 Å². The monoisotopic (exact) mass is 203 g/mol. The Labute approximate surface area is 90.9 Å². The molecule has 0 radical (unpaired) electrons. The molecule has 2 nitrogen and oxygen atoms in total. The van der Waals surface area contributed by atoms with E-state index < -0.39 is 0 Å². The van der Waals surface area contributed by atoms with Gasteiger partial charge in [0.2, 0.25) is 0 Å². The molecule has 1 fully saturated rings. The maximum Gasteiger partial charge on any atom is 0.150 e. The van der Waals surface area contributed by atoms with Crippen LogP contribution in [-0.2, 0) is 6.54 Å². The van der Waals surface area contributed by atoms with E-state index in [4.69, 9.17) is 0 Å². The van der Waals surface area contributed by atoms with E-state index in [1.165, 1.54) is 37.1 Å². The highest BCUT2D eigenvalue weighted by Gasteiger charge is 2.12. The number of benzene rings is 1. The largest absolute Gasteiger partial charge is 0.299 e. The maximum absolute atomic E-state index is 10.6. The lowest BCUT2D eigenvalue weighted by Crippen LogP contribution is -2.18. The van der Waals surface area contributed by atoms with Gasteiger partial charge in [0, 0.05) is 12.1 Å². The Morgan fingerprint density at radius 2 is 2.07 bits per heavy atom. The summed E-state index contributed by atoms with van der Waals surface area (Å²) in [6, 6.07) is 5.96. The van der Waals surface area contributed by atoms with Gasteiger partial charge >= 0.3 is 0 Å². The summed E-state index contributed by atoms with van der Waals surface area (Å²) in [5, 5.41) is 0. The number of nitrogens with zero attached hydrogens (tertiary/aromatic N) is 1. The van der Waals surface area contributed by atoms with Crippen molar-refractivity contribution >= 4 is 6.29 Å². The molecular weight excluding hydrogens is 186 g/mol. The van der Waals surface area contributed by atoms with E-state index in [1.54, 1.807) is 0 Å². The van der Waals surface area contributed by atoms with Crippen molar-refractivity contribution in [1.82, 2.24) is 4.90 Å². The van der Waals surface area contributed by atoms with Gasteiger partial charge in [-0.15, -0.1) is 0 Å². The summed E-state index contributed by atoms with van der Waals surface area (Å²) in [4.78, 5) is 13.1. The van der Waals surface area contributed by atoms with Crippen molar-refractivity contribution in [2.75, 3.05) is 13.1 Å². The Balaban J connectivity index is 2.10. The fourth-order valence-electron chi connectivity index (χ4n) is 2.15. The summed E-state index contributed by atoms with van der Waals surface area (Å²) in [7, 11) is 0. The van der Waals surface area contributed by atoms with Crippen LogP contribution < -0.4 is 0 Å². The molecule has 1 aromatic carbocycles. The predicted molar refractivity (Wildman–Crippen MR) is 61.1 cm³/mol. The first-order valence-corrected chi connectivity index (χ1v) is 5.56. The number of hydrogen-bond donors (Lipinski definition) is 0. The van der Waals surface area contributed by atoms with Gasteiger partial charge in [-0.1, -0.05) is 12.1 Å². The quantitative estimate of drug-likeness (QED) is 0.703. The Bertz CT molecular complexity index is 354. The summed E-state index contributed by atoms with van der Waals surface area (Å²) in [6.45, 7) is 5.55.